The second kappa shape index (κ2) is 5.61. The van der Waals surface area contributed by atoms with E-state index in [9.17, 15) is 8.42 Å². The van der Waals surface area contributed by atoms with Crippen LogP contribution in [0.3, 0.4) is 0 Å². The molecule has 0 bridgehead atoms. The SMILES string of the molecule is CN(NS(=O)(=O)c1ccc(Cl)cc1)c1ccccc1. The van der Waals surface area contributed by atoms with E-state index in [1.807, 2.05) is 30.3 Å². The summed E-state index contributed by atoms with van der Waals surface area (Å²) in [5, 5.41) is 1.94. The Kier molecular flexibility index (Phi) is 4.09. The van der Waals surface area contributed by atoms with Crippen molar-refractivity contribution in [3.05, 3.63) is 59.6 Å². The molecule has 0 radical (unpaired) electrons. The molecule has 0 unspecified atom stereocenters. The molecule has 0 aliphatic rings. The third kappa shape index (κ3) is 3.47. The molecular weight excluding hydrogens is 284 g/mol. The Hall–Kier alpha value is -1.56. The fourth-order valence-electron chi connectivity index (χ4n) is 1.55. The molecule has 2 aromatic carbocycles. The highest BCUT2D eigenvalue weighted by atomic mass is 35.5. The van der Waals surface area contributed by atoms with Gasteiger partial charge >= 0.3 is 0 Å². The van der Waals surface area contributed by atoms with Gasteiger partial charge < -0.3 is 0 Å². The number of hydrogen-bond donors (Lipinski definition) is 1. The van der Waals surface area contributed by atoms with E-state index in [0.717, 1.165) is 5.69 Å². The predicted octanol–water partition coefficient (Wildman–Crippen LogP) is 2.67. The summed E-state index contributed by atoms with van der Waals surface area (Å²) in [5.41, 5.74) is 0.750. The normalized spacial score (nSPS) is 11.3. The highest BCUT2D eigenvalue weighted by Gasteiger charge is 2.16. The Labute approximate surface area is 117 Å². The number of para-hydroxylation sites is 1. The van der Waals surface area contributed by atoms with Crippen LogP contribution in [0.25, 0.3) is 0 Å². The van der Waals surface area contributed by atoms with Gasteiger partial charge in [0, 0.05) is 12.1 Å². The number of nitrogens with zero attached hydrogens (tertiary/aromatic N) is 1. The smallest absolute Gasteiger partial charge is 0.257 e. The fourth-order valence-corrected chi connectivity index (χ4v) is 2.74. The predicted molar refractivity (Wildman–Crippen MR) is 76.6 cm³/mol. The van der Waals surface area contributed by atoms with Gasteiger partial charge in [-0.2, -0.15) is 0 Å². The average Bonchev–Trinajstić information content (AvgIpc) is 2.40. The number of rotatable bonds is 4. The molecule has 0 aliphatic heterocycles. The lowest BCUT2D eigenvalue weighted by Crippen LogP contribution is -2.39. The summed E-state index contributed by atoms with van der Waals surface area (Å²) in [7, 11) is -1.97. The van der Waals surface area contributed by atoms with Crippen molar-refractivity contribution in [2.24, 2.45) is 0 Å². The van der Waals surface area contributed by atoms with Crippen molar-refractivity contribution in [2.45, 2.75) is 4.90 Å². The zero-order valence-corrected chi connectivity index (χ0v) is 11.8. The lowest BCUT2D eigenvalue weighted by molar-refractivity contribution is 0.580. The van der Waals surface area contributed by atoms with Crippen molar-refractivity contribution in [3.8, 4) is 0 Å². The zero-order chi connectivity index (χ0) is 13.9. The molecule has 6 heteroatoms. The number of benzene rings is 2. The molecule has 0 saturated heterocycles. The van der Waals surface area contributed by atoms with Gasteiger partial charge in [-0.15, -0.1) is 4.83 Å². The lowest BCUT2D eigenvalue weighted by atomic mass is 10.3. The molecule has 100 valence electrons. The standard InChI is InChI=1S/C13H13ClN2O2S/c1-16(12-5-3-2-4-6-12)15-19(17,18)13-9-7-11(14)8-10-13/h2-10,15H,1H3. The third-order valence-electron chi connectivity index (χ3n) is 2.52. The summed E-state index contributed by atoms with van der Waals surface area (Å²) in [6.07, 6.45) is 0. The molecule has 4 nitrogen and oxygen atoms in total. The Balaban J connectivity index is 2.20. The maximum atomic E-state index is 12.1. The Morgan fingerprint density at radius 1 is 1.00 bits per heavy atom. The van der Waals surface area contributed by atoms with Gasteiger partial charge in [0.1, 0.15) is 0 Å². The summed E-state index contributed by atoms with van der Waals surface area (Å²) < 4.78 is 24.3. The van der Waals surface area contributed by atoms with Crippen LogP contribution < -0.4 is 9.84 Å². The quantitative estimate of drug-likeness (QED) is 0.883. The van der Waals surface area contributed by atoms with Crippen LogP contribution in [0.5, 0.6) is 0 Å². The molecule has 19 heavy (non-hydrogen) atoms. The molecule has 0 aliphatic carbocycles. The molecule has 1 N–H and O–H groups in total. The van der Waals surface area contributed by atoms with E-state index in [4.69, 9.17) is 11.6 Å². The van der Waals surface area contributed by atoms with Gasteiger partial charge in [-0.05, 0) is 36.4 Å². The second-order valence-corrected chi connectivity index (χ2v) is 6.04. The van der Waals surface area contributed by atoms with Gasteiger partial charge in [0.15, 0.2) is 0 Å². The topological polar surface area (TPSA) is 49.4 Å². The van der Waals surface area contributed by atoms with E-state index in [0.29, 0.717) is 5.02 Å². The van der Waals surface area contributed by atoms with Crippen molar-refractivity contribution < 1.29 is 8.42 Å². The first-order chi connectivity index (χ1) is 8.99. The van der Waals surface area contributed by atoms with E-state index in [-0.39, 0.29) is 4.90 Å². The van der Waals surface area contributed by atoms with E-state index in [1.165, 1.54) is 17.1 Å². The minimum atomic E-state index is -3.61. The van der Waals surface area contributed by atoms with E-state index < -0.39 is 10.0 Å². The summed E-state index contributed by atoms with van der Waals surface area (Å²) in [6.45, 7) is 0. The number of sulfonamides is 1. The maximum Gasteiger partial charge on any atom is 0.257 e. The average molecular weight is 297 g/mol. The van der Waals surface area contributed by atoms with E-state index >= 15 is 0 Å². The highest BCUT2D eigenvalue weighted by Crippen LogP contribution is 2.15. The number of nitrogens with one attached hydrogen (secondary N) is 1. The highest BCUT2D eigenvalue weighted by molar-refractivity contribution is 7.89. The molecule has 0 saturated carbocycles. The minimum Gasteiger partial charge on any atom is -0.298 e. The van der Waals surface area contributed by atoms with Crippen molar-refractivity contribution in [1.82, 2.24) is 4.83 Å². The first-order valence-electron chi connectivity index (χ1n) is 5.56. The number of anilines is 1. The monoisotopic (exact) mass is 296 g/mol. The maximum absolute atomic E-state index is 12.1. The first kappa shape index (κ1) is 13.9. The molecule has 0 spiro atoms. The molecular formula is C13H13ClN2O2S. The summed E-state index contributed by atoms with van der Waals surface area (Å²) in [6, 6.07) is 15.2. The van der Waals surface area contributed by atoms with Crippen LogP contribution in [0, 0.1) is 0 Å². The van der Waals surface area contributed by atoms with Gasteiger partial charge in [0.05, 0.1) is 10.6 Å². The van der Waals surface area contributed by atoms with E-state index in [2.05, 4.69) is 4.83 Å². The van der Waals surface area contributed by atoms with Crippen molar-refractivity contribution in [2.75, 3.05) is 12.1 Å². The van der Waals surface area contributed by atoms with Crippen molar-refractivity contribution >= 4 is 27.3 Å². The molecule has 0 atom stereocenters. The molecule has 2 rings (SSSR count). The minimum absolute atomic E-state index is 0.166. The van der Waals surface area contributed by atoms with Crippen LogP contribution in [-0.2, 0) is 10.0 Å². The Morgan fingerprint density at radius 2 is 1.58 bits per heavy atom. The van der Waals surface area contributed by atoms with Gasteiger partial charge in [0.25, 0.3) is 10.0 Å². The van der Waals surface area contributed by atoms with Crippen LogP contribution in [0.4, 0.5) is 5.69 Å². The Bertz CT molecular complexity index is 642. The van der Waals surface area contributed by atoms with Gasteiger partial charge in [-0.25, -0.2) is 8.42 Å². The van der Waals surface area contributed by atoms with Crippen LogP contribution in [0.2, 0.25) is 5.02 Å². The third-order valence-corrected chi connectivity index (χ3v) is 4.18. The summed E-state index contributed by atoms with van der Waals surface area (Å²) in [4.78, 5) is 2.64. The number of halogens is 1. The van der Waals surface area contributed by atoms with Crippen LogP contribution >= 0.6 is 11.6 Å². The van der Waals surface area contributed by atoms with Gasteiger partial charge in [-0.1, -0.05) is 29.8 Å². The zero-order valence-electron chi connectivity index (χ0n) is 10.2. The van der Waals surface area contributed by atoms with Crippen LogP contribution in [0.15, 0.2) is 59.5 Å². The fraction of sp³-hybridized carbons (Fsp3) is 0.0769. The summed E-state index contributed by atoms with van der Waals surface area (Å²) >= 11 is 5.74. The molecule has 0 fully saturated rings. The van der Waals surface area contributed by atoms with Crippen LogP contribution in [-0.4, -0.2) is 15.5 Å². The molecule has 2 aromatic rings. The number of hydrazine groups is 1. The largest absolute Gasteiger partial charge is 0.298 e. The van der Waals surface area contributed by atoms with Crippen molar-refractivity contribution in [3.63, 3.8) is 0 Å². The van der Waals surface area contributed by atoms with E-state index in [1.54, 1.807) is 19.2 Å². The molecule has 0 amide bonds. The second-order valence-electron chi connectivity index (χ2n) is 3.94. The van der Waals surface area contributed by atoms with Gasteiger partial charge in [-0.3, -0.25) is 5.01 Å². The number of hydrogen-bond acceptors (Lipinski definition) is 3. The summed E-state index contributed by atoms with van der Waals surface area (Å²) in [5.74, 6) is 0. The van der Waals surface area contributed by atoms with Crippen molar-refractivity contribution in [1.29, 1.82) is 0 Å². The first-order valence-corrected chi connectivity index (χ1v) is 7.42. The Morgan fingerprint density at radius 3 is 2.16 bits per heavy atom. The van der Waals surface area contributed by atoms with Crippen LogP contribution in [0.1, 0.15) is 0 Å². The molecule has 0 aromatic heterocycles. The lowest BCUT2D eigenvalue weighted by Gasteiger charge is -2.20. The van der Waals surface area contributed by atoms with Gasteiger partial charge in [0.2, 0.25) is 0 Å². The molecule has 0 heterocycles.